The molecule has 0 amide bonds. The van der Waals surface area contributed by atoms with Crippen molar-refractivity contribution in [2.45, 2.75) is 6.67 Å². The third-order valence-corrected chi connectivity index (χ3v) is 3.28. The van der Waals surface area contributed by atoms with Crippen LogP contribution < -0.4 is 43.1 Å². The lowest BCUT2D eigenvalue weighted by Crippen LogP contribution is -3.00. The van der Waals surface area contributed by atoms with E-state index in [0.29, 0.717) is 18.6 Å². The molecule has 25 heavy (non-hydrogen) atoms. The van der Waals surface area contributed by atoms with E-state index in [0.717, 1.165) is 0 Å². The summed E-state index contributed by atoms with van der Waals surface area (Å²) < 4.78 is 7.81. The van der Waals surface area contributed by atoms with E-state index in [4.69, 9.17) is 0 Å². The number of hydrogen-bond donors (Lipinski definition) is 0. The monoisotopic (exact) mass is 464 g/mol. The second-order valence-electron chi connectivity index (χ2n) is 4.91. The maximum atomic E-state index is 4.22. The van der Waals surface area contributed by atoms with Gasteiger partial charge in [-0.05, 0) is 12.1 Å². The molecule has 0 aliphatic heterocycles. The molecule has 0 saturated carbocycles. The molecule has 0 aliphatic rings. The molecule has 4 aromatic heterocycles. The van der Waals surface area contributed by atoms with Crippen molar-refractivity contribution in [3.05, 3.63) is 74.4 Å². The summed E-state index contributed by atoms with van der Waals surface area (Å²) in [6.45, 7) is 0.666. The summed E-state index contributed by atoms with van der Waals surface area (Å²) in [7, 11) is 0. The molecular weight excluding hydrogens is 452 g/mol. The molecule has 0 spiro atoms. The fourth-order valence-corrected chi connectivity index (χ4v) is 2.23. The lowest BCUT2D eigenvalue weighted by molar-refractivity contribution is -0.912. The van der Waals surface area contributed by atoms with E-state index in [9.17, 15) is 0 Å². The standard InChI is InChI=1S/C15H14N8.2BrH/c1-3-16-14(17-4-1)22-9-7-20(12-22)11-21-8-10-23(13-21)15-18-5-2-6-19-15;;/h1-10,12-13H,11H2;2*1H/q+2;;/p-2. The average molecular weight is 466 g/mol. The highest BCUT2D eigenvalue weighted by Gasteiger charge is 2.13. The highest BCUT2D eigenvalue weighted by atomic mass is 79.9. The molecule has 4 aromatic rings. The molecule has 128 valence electrons. The Bertz CT molecular complexity index is 832. The van der Waals surface area contributed by atoms with Gasteiger partial charge in [-0.2, -0.15) is 38.2 Å². The van der Waals surface area contributed by atoms with E-state index in [1.807, 2.05) is 55.7 Å². The van der Waals surface area contributed by atoms with Gasteiger partial charge in [-0.25, -0.2) is 0 Å². The zero-order valence-electron chi connectivity index (χ0n) is 13.0. The van der Waals surface area contributed by atoms with Crippen molar-refractivity contribution in [3.63, 3.8) is 0 Å². The summed E-state index contributed by atoms with van der Waals surface area (Å²) in [5.41, 5.74) is 0. The van der Waals surface area contributed by atoms with Gasteiger partial charge in [-0.3, -0.25) is 0 Å². The first-order valence-electron chi connectivity index (χ1n) is 7.07. The van der Waals surface area contributed by atoms with E-state index in [2.05, 4.69) is 19.9 Å². The lowest BCUT2D eigenvalue weighted by Gasteiger charge is -1.93. The van der Waals surface area contributed by atoms with Crippen LogP contribution in [0, 0.1) is 0 Å². The topological polar surface area (TPSA) is 69.2 Å². The van der Waals surface area contributed by atoms with Crippen LogP contribution in [0.4, 0.5) is 0 Å². The molecule has 0 radical (unpaired) electrons. The molecule has 0 bridgehead atoms. The minimum Gasteiger partial charge on any atom is -1.00 e. The van der Waals surface area contributed by atoms with Gasteiger partial charge >= 0.3 is 11.9 Å². The molecule has 4 heterocycles. The molecule has 0 unspecified atom stereocenters. The quantitative estimate of drug-likeness (QED) is 0.281. The second kappa shape index (κ2) is 8.58. The molecule has 4 rings (SSSR count). The fraction of sp³-hybridized carbons (Fsp3) is 0.0667. The van der Waals surface area contributed by atoms with Crippen molar-refractivity contribution in [1.82, 2.24) is 29.1 Å². The molecule has 0 saturated heterocycles. The highest BCUT2D eigenvalue weighted by Crippen LogP contribution is 1.97. The van der Waals surface area contributed by atoms with Crippen molar-refractivity contribution in [3.8, 4) is 11.9 Å². The first kappa shape index (κ1) is 18.9. The van der Waals surface area contributed by atoms with Crippen molar-refractivity contribution < 1.29 is 43.1 Å². The average Bonchev–Trinajstić information content (AvgIpc) is 3.27. The Balaban J connectivity index is 0.00000113. The van der Waals surface area contributed by atoms with Crippen LogP contribution in [0.5, 0.6) is 0 Å². The Morgan fingerprint density at radius 2 is 1.08 bits per heavy atom. The summed E-state index contributed by atoms with van der Waals surface area (Å²) >= 11 is 0. The van der Waals surface area contributed by atoms with Gasteiger partial charge in [0.25, 0.3) is 12.7 Å². The Morgan fingerprint density at radius 1 is 0.680 bits per heavy atom. The molecule has 10 heteroatoms. The molecule has 0 fully saturated rings. The van der Waals surface area contributed by atoms with Gasteiger partial charge in [-0.15, -0.1) is 0 Å². The Kier molecular flexibility index (Phi) is 6.48. The van der Waals surface area contributed by atoms with E-state index in [1.54, 1.807) is 36.9 Å². The van der Waals surface area contributed by atoms with E-state index < -0.39 is 0 Å². The molecular formula is C15H14Br2N8. The second-order valence-corrected chi connectivity index (χ2v) is 4.91. The van der Waals surface area contributed by atoms with Crippen LogP contribution in [0.3, 0.4) is 0 Å². The maximum absolute atomic E-state index is 4.22. The van der Waals surface area contributed by atoms with Crippen LogP contribution in [0.25, 0.3) is 11.9 Å². The van der Waals surface area contributed by atoms with Crippen molar-refractivity contribution in [2.75, 3.05) is 0 Å². The number of nitrogens with zero attached hydrogens (tertiary/aromatic N) is 8. The van der Waals surface area contributed by atoms with Crippen LogP contribution in [0.1, 0.15) is 0 Å². The summed E-state index contributed by atoms with van der Waals surface area (Å²) in [6.07, 6.45) is 18.6. The van der Waals surface area contributed by atoms with Crippen LogP contribution in [0.15, 0.2) is 74.4 Å². The molecule has 0 N–H and O–H groups in total. The van der Waals surface area contributed by atoms with Crippen molar-refractivity contribution >= 4 is 0 Å². The van der Waals surface area contributed by atoms with Crippen LogP contribution in [0.2, 0.25) is 0 Å². The molecule has 0 aliphatic carbocycles. The smallest absolute Gasteiger partial charge is 0.325 e. The van der Waals surface area contributed by atoms with Gasteiger partial charge < -0.3 is 34.0 Å². The summed E-state index contributed by atoms with van der Waals surface area (Å²) in [5.74, 6) is 1.29. The van der Waals surface area contributed by atoms with Crippen LogP contribution in [-0.4, -0.2) is 29.1 Å². The fourth-order valence-electron chi connectivity index (χ4n) is 2.23. The van der Waals surface area contributed by atoms with Gasteiger partial charge in [0.05, 0.1) is 0 Å². The van der Waals surface area contributed by atoms with Gasteiger partial charge in [-0.1, -0.05) is 0 Å². The minimum atomic E-state index is 0. The Labute approximate surface area is 165 Å². The normalized spacial score (nSPS) is 9.92. The number of aromatic nitrogens is 8. The zero-order chi connectivity index (χ0) is 15.5. The predicted molar refractivity (Wildman–Crippen MR) is 78.5 cm³/mol. The molecule has 0 aromatic carbocycles. The van der Waals surface area contributed by atoms with Crippen LogP contribution >= 0.6 is 0 Å². The zero-order valence-corrected chi connectivity index (χ0v) is 16.1. The third-order valence-electron chi connectivity index (χ3n) is 3.28. The minimum absolute atomic E-state index is 0. The first-order valence-corrected chi connectivity index (χ1v) is 7.07. The van der Waals surface area contributed by atoms with Crippen molar-refractivity contribution in [1.29, 1.82) is 0 Å². The lowest BCUT2D eigenvalue weighted by atomic mass is 10.7. The SMILES string of the molecule is [Br-].[Br-].c1cnc(-n2cc[n+](C[n+]3ccn(-c4ncccn4)c3)c2)nc1. The van der Waals surface area contributed by atoms with Gasteiger partial charge in [0, 0.05) is 24.8 Å². The van der Waals surface area contributed by atoms with Gasteiger partial charge in [0.2, 0.25) is 6.67 Å². The van der Waals surface area contributed by atoms with Crippen LogP contribution in [-0.2, 0) is 6.67 Å². The molecule has 8 nitrogen and oxygen atoms in total. The summed E-state index contributed by atoms with van der Waals surface area (Å²) in [5, 5.41) is 0. The van der Waals surface area contributed by atoms with E-state index >= 15 is 0 Å². The number of halogens is 2. The Hall–Kier alpha value is -2.46. The maximum Gasteiger partial charge on any atom is 0.325 e. The highest BCUT2D eigenvalue weighted by molar-refractivity contribution is 5.08. The van der Waals surface area contributed by atoms with Gasteiger partial charge in [0.1, 0.15) is 24.8 Å². The van der Waals surface area contributed by atoms with E-state index in [1.165, 1.54) is 0 Å². The predicted octanol–water partition coefficient (Wildman–Crippen LogP) is -6.06. The number of hydrogen-bond acceptors (Lipinski definition) is 4. The van der Waals surface area contributed by atoms with Gasteiger partial charge in [0.15, 0.2) is 0 Å². The largest absolute Gasteiger partial charge is 1.00 e. The number of imidazole rings is 2. The molecule has 0 atom stereocenters. The summed E-state index contributed by atoms with van der Waals surface area (Å²) in [4.78, 5) is 16.9. The Morgan fingerprint density at radius 3 is 1.48 bits per heavy atom. The number of rotatable bonds is 4. The third kappa shape index (κ3) is 4.34. The van der Waals surface area contributed by atoms with E-state index in [-0.39, 0.29) is 34.0 Å². The van der Waals surface area contributed by atoms with Crippen molar-refractivity contribution in [2.24, 2.45) is 0 Å². The first-order chi connectivity index (χ1) is 11.4. The summed E-state index contributed by atoms with van der Waals surface area (Å²) in [6, 6.07) is 3.59.